The van der Waals surface area contributed by atoms with Crippen molar-refractivity contribution in [3.8, 4) is 5.75 Å². The molecule has 1 aliphatic carbocycles. The molecule has 2 N–H and O–H groups in total. The van der Waals surface area contributed by atoms with Crippen molar-refractivity contribution in [2.75, 3.05) is 33.5 Å². The van der Waals surface area contributed by atoms with E-state index in [1.165, 1.54) is 31.2 Å². The Hall–Kier alpha value is -2.22. The number of nitrogens with zero attached hydrogens (tertiary/aromatic N) is 4. The molecular formula is C22H34N6OS. The molecule has 0 spiro atoms. The van der Waals surface area contributed by atoms with Crippen LogP contribution in [0.15, 0.2) is 34.4 Å². The second kappa shape index (κ2) is 11.8. The molecule has 0 saturated heterocycles. The lowest BCUT2D eigenvalue weighted by molar-refractivity contribution is 0.409. The average molecular weight is 431 g/mol. The second-order valence-corrected chi connectivity index (χ2v) is 8.28. The molecule has 8 heteroatoms. The van der Waals surface area contributed by atoms with E-state index in [-0.39, 0.29) is 0 Å². The Morgan fingerprint density at radius 3 is 2.67 bits per heavy atom. The lowest BCUT2D eigenvalue weighted by atomic mass is 10.1. The van der Waals surface area contributed by atoms with Gasteiger partial charge in [0.2, 0.25) is 0 Å². The maximum Gasteiger partial charge on any atom is 0.191 e. The van der Waals surface area contributed by atoms with Crippen molar-refractivity contribution in [2.45, 2.75) is 56.1 Å². The maximum atomic E-state index is 5.42. The molecule has 1 aromatic heterocycles. The summed E-state index contributed by atoms with van der Waals surface area (Å²) in [5.41, 5.74) is 1.19. The van der Waals surface area contributed by atoms with Crippen molar-refractivity contribution in [3.63, 3.8) is 0 Å². The Morgan fingerprint density at radius 1 is 1.17 bits per heavy atom. The molecular weight excluding hydrogens is 396 g/mol. The number of aliphatic imine (C=N–C) groups is 1. The minimum atomic E-state index is 0.579. The molecule has 0 amide bonds. The van der Waals surface area contributed by atoms with Crippen LogP contribution in [0.4, 0.5) is 0 Å². The molecule has 0 radical (unpaired) electrons. The highest BCUT2D eigenvalue weighted by Gasteiger charge is 2.23. The Morgan fingerprint density at radius 2 is 1.93 bits per heavy atom. The Kier molecular flexibility index (Phi) is 8.86. The zero-order valence-corrected chi connectivity index (χ0v) is 19.2. The Labute approximate surface area is 184 Å². The average Bonchev–Trinajstić information content (AvgIpc) is 3.45. The highest BCUT2D eigenvalue weighted by atomic mass is 32.2. The van der Waals surface area contributed by atoms with Crippen LogP contribution in [0.3, 0.4) is 0 Å². The fourth-order valence-electron chi connectivity index (χ4n) is 4.05. The molecule has 1 fully saturated rings. The van der Waals surface area contributed by atoms with Gasteiger partial charge in [0.15, 0.2) is 11.1 Å². The molecule has 0 bridgehead atoms. The van der Waals surface area contributed by atoms with Gasteiger partial charge in [-0.1, -0.05) is 42.8 Å². The molecule has 0 aliphatic heterocycles. The number of hydrogen-bond acceptors (Lipinski definition) is 5. The summed E-state index contributed by atoms with van der Waals surface area (Å²) < 4.78 is 7.81. The van der Waals surface area contributed by atoms with Gasteiger partial charge in [-0.25, -0.2) is 0 Å². The van der Waals surface area contributed by atoms with Crippen LogP contribution in [0.2, 0.25) is 0 Å². The molecule has 1 saturated carbocycles. The summed E-state index contributed by atoms with van der Waals surface area (Å²) in [4.78, 5) is 4.33. The molecule has 0 unspecified atom stereocenters. The van der Waals surface area contributed by atoms with Crippen molar-refractivity contribution >= 4 is 17.7 Å². The van der Waals surface area contributed by atoms with E-state index < -0.39 is 0 Å². The normalized spacial score (nSPS) is 14.8. The third-order valence-electron chi connectivity index (χ3n) is 5.58. The molecule has 2 aromatic rings. The number of aryl methyl sites for hydroxylation is 1. The summed E-state index contributed by atoms with van der Waals surface area (Å²) >= 11 is 1.70. The molecule has 164 valence electrons. The third-order valence-corrected chi connectivity index (χ3v) is 6.22. The van der Waals surface area contributed by atoms with E-state index in [1.807, 2.05) is 18.2 Å². The van der Waals surface area contributed by atoms with Crippen molar-refractivity contribution in [2.24, 2.45) is 4.99 Å². The van der Waals surface area contributed by atoms with Crippen LogP contribution in [0.5, 0.6) is 5.75 Å². The summed E-state index contributed by atoms with van der Waals surface area (Å²) in [5.74, 6) is 2.87. The first-order chi connectivity index (χ1) is 14.8. The van der Waals surface area contributed by atoms with Crippen molar-refractivity contribution in [1.82, 2.24) is 25.4 Å². The molecule has 0 atom stereocenters. The maximum absolute atomic E-state index is 5.42. The van der Waals surface area contributed by atoms with E-state index in [0.717, 1.165) is 55.0 Å². The van der Waals surface area contributed by atoms with Gasteiger partial charge >= 0.3 is 0 Å². The number of thioether (sulfide) groups is 1. The third kappa shape index (κ3) is 5.90. The van der Waals surface area contributed by atoms with Gasteiger partial charge in [-0.15, -0.1) is 10.2 Å². The van der Waals surface area contributed by atoms with E-state index >= 15 is 0 Å². The van der Waals surface area contributed by atoms with Gasteiger partial charge in [0.25, 0.3) is 0 Å². The van der Waals surface area contributed by atoms with Crippen LogP contribution < -0.4 is 15.4 Å². The molecule has 1 aliphatic rings. The van der Waals surface area contributed by atoms with E-state index in [1.54, 1.807) is 25.9 Å². The fourth-order valence-corrected chi connectivity index (χ4v) is 4.62. The van der Waals surface area contributed by atoms with Crippen LogP contribution >= 0.6 is 11.8 Å². The van der Waals surface area contributed by atoms with E-state index in [0.29, 0.717) is 6.04 Å². The van der Waals surface area contributed by atoms with Crippen LogP contribution in [0.25, 0.3) is 0 Å². The Balaban J connectivity index is 1.43. The number of rotatable bonds is 10. The predicted molar refractivity (Wildman–Crippen MR) is 124 cm³/mol. The predicted octanol–water partition coefficient (Wildman–Crippen LogP) is 3.46. The number of para-hydroxylation sites is 1. The zero-order valence-electron chi connectivity index (χ0n) is 18.4. The van der Waals surface area contributed by atoms with E-state index in [2.05, 4.69) is 42.7 Å². The number of guanidine groups is 1. The standard InChI is InChI=1S/C22H34N6OS/c1-23-21(25-16-14-17-9-4-7-12-19(17)29-2)24-15-8-13-20-26-27-22(30-3)28(20)18-10-5-6-11-18/h4,7,9,12,18H,5-6,8,10-11,13-16H2,1-3H3,(H2,23,24,25). The monoisotopic (exact) mass is 430 g/mol. The van der Waals surface area contributed by atoms with E-state index in [4.69, 9.17) is 4.74 Å². The van der Waals surface area contributed by atoms with Gasteiger partial charge in [0, 0.05) is 32.6 Å². The quantitative estimate of drug-likeness (QED) is 0.260. The second-order valence-electron chi connectivity index (χ2n) is 7.50. The number of hydrogen-bond donors (Lipinski definition) is 2. The SMILES string of the molecule is CN=C(NCCCc1nnc(SC)n1C1CCCC1)NCCc1ccccc1OC. The lowest BCUT2D eigenvalue weighted by Gasteiger charge is -2.16. The number of ether oxygens (including phenoxy) is 1. The minimum absolute atomic E-state index is 0.579. The van der Waals surface area contributed by atoms with Crippen molar-refractivity contribution in [3.05, 3.63) is 35.7 Å². The van der Waals surface area contributed by atoms with Crippen molar-refractivity contribution < 1.29 is 4.74 Å². The minimum Gasteiger partial charge on any atom is -0.496 e. The van der Waals surface area contributed by atoms with Crippen LogP contribution in [-0.4, -0.2) is 54.2 Å². The summed E-state index contributed by atoms with van der Waals surface area (Å²) in [6.07, 6.45) is 10.0. The summed E-state index contributed by atoms with van der Waals surface area (Å²) in [6, 6.07) is 8.70. The van der Waals surface area contributed by atoms with Gasteiger partial charge in [-0.2, -0.15) is 0 Å². The smallest absolute Gasteiger partial charge is 0.191 e. The first-order valence-corrected chi connectivity index (χ1v) is 12.0. The van der Waals surface area contributed by atoms with Crippen molar-refractivity contribution in [1.29, 1.82) is 0 Å². The Bertz CT molecular complexity index is 816. The number of nitrogens with one attached hydrogen (secondary N) is 2. The highest BCUT2D eigenvalue weighted by Crippen LogP contribution is 2.33. The lowest BCUT2D eigenvalue weighted by Crippen LogP contribution is -2.38. The largest absolute Gasteiger partial charge is 0.496 e. The summed E-state index contributed by atoms with van der Waals surface area (Å²) in [6.45, 7) is 1.65. The first-order valence-electron chi connectivity index (χ1n) is 10.8. The van der Waals surface area contributed by atoms with Gasteiger partial charge in [0.05, 0.1) is 7.11 Å². The summed E-state index contributed by atoms with van der Waals surface area (Å²) in [7, 11) is 3.52. The van der Waals surface area contributed by atoms with Gasteiger partial charge in [-0.3, -0.25) is 4.99 Å². The highest BCUT2D eigenvalue weighted by molar-refractivity contribution is 7.98. The molecule has 3 rings (SSSR count). The molecule has 1 heterocycles. The van der Waals surface area contributed by atoms with Gasteiger partial charge < -0.3 is 19.9 Å². The molecule has 30 heavy (non-hydrogen) atoms. The summed E-state index contributed by atoms with van der Waals surface area (Å²) in [5, 5.41) is 16.7. The fraction of sp³-hybridized carbons (Fsp3) is 0.591. The molecule has 7 nitrogen and oxygen atoms in total. The first kappa shape index (κ1) is 22.5. The molecule has 1 aromatic carbocycles. The van der Waals surface area contributed by atoms with Crippen LogP contribution in [0, 0.1) is 0 Å². The van der Waals surface area contributed by atoms with Gasteiger partial charge in [-0.05, 0) is 43.6 Å². The topological polar surface area (TPSA) is 76.4 Å². The van der Waals surface area contributed by atoms with Crippen LogP contribution in [0.1, 0.15) is 49.5 Å². The zero-order chi connectivity index (χ0) is 21.2. The number of benzene rings is 1. The number of methoxy groups -OCH3 is 1. The van der Waals surface area contributed by atoms with E-state index in [9.17, 15) is 0 Å². The van der Waals surface area contributed by atoms with Gasteiger partial charge in [0.1, 0.15) is 11.6 Å². The van der Waals surface area contributed by atoms with Crippen LogP contribution in [-0.2, 0) is 12.8 Å². The number of aromatic nitrogens is 3.